The highest BCUT2D eigenvalue weighted by Crippen LogP contribution is 2.61. The summed E-state index contributed by atoms with van der Waals surface area (Å²) in [6, 6.07) is 13.8. The molecule has 14 heteroatoms. The molecule has 0 spiro atoms. The van der Waals surface area contributed by atoms with Gasteiger partial charge >= 0.3 is 23.9 Å². The molecule has 56 heavy (non-hydrogen) atoms. The van der Waals surface area contributed by atoms with Gasteiger partial charge in [0, 0.05) is 33.4 Å². The number of rotatable bonds is 15. The fraction of sp³-hybridized carbons (Fsp3) is 0.476. The van der Waals surface area contributed by atoms with Gasteiger partial charge in [0.2, 0.25) is 0 Å². The molecule has 12 nitrogen and oxygen atoms in total. The normalized spacial score (nSPS) is 26.6. The van der Waals surface area contributed by atoms with Crippen molar-refractivity contribution in [3.63, 3.8) is 0 Å². The molecule has 0 radical (unpaired) electrons. The van der Waals surface area contributed by atoms with Crippen molar-refractivity contribution in [3.05, 3.63) is 104 Å². The van der Waals surface area contributed by atoms with E-state index in [4.69, 9.17) is 51.6 Å². The van der Waals surface area contributed by atoms with E-state index in [1.54, 1.807) is 57.2 Å². The van der Waals surface area contributed by atoms with Gasteiger partial charge in [-0.15, -0.1) is 0 Å². The van der Waals surface area contributed by atoms with Crippen molar-refractivity contribution in [2.45, 2.75) is 58.1 Å². The van der Waals surface area contributed by atoms with E-state index in [1.165, 1.54) is 14.2 Å². The van der Waals surface area contributed by atoms with E-state index in [1.807, 2.05) is 19.1 Å². The van der Waals surface area contributed by atoms with E-state index in [0.717, 1.165) is 6.42 Å². The first-order chi connectivity index (χ1) is 27.0. The predicted molar refractivity (Wildman–Crippen MR) is 207 cm³/mol. The molecule has 0 saturated heterocycles. The molecule has 2 aromatic carbocycles. The Morgan fingerprint density at radius 2 is 1.41 bits per heavy atom. The standard InChI is InChI=1S/C42H48Cl2N2O10/c1-7-54-41(49)36-29(45-21(3)31(39(47)51-5)34(36)24-13-9-11-15-27(24)43)19-53-18-23-17-26-33(23)38(26)56-20-30-37(42(50)55-8-2)35(25-14-10-12-16-28(25)44)32(22(4)46-30)40(48)52-6/h9-16,21,23,26,31,33-35,38,45-46H,7-8,17-20H2,1-6H3. The number of allylic oxidation sites excluding steroid dienone is 1. The number of ether oxygens (including phenoxy) is 6. The molecule has 2 aliphatic carbocycles. The van der Waals surface area contributed by atoms with Crippen molar-refractivity contribution in [2.75, 3.05) is 47.3 Å². The van der Waals surface area contributed by atoms with E-state index >= 15 is 0 Å². The lowest BCUT2D eigenvalue weighted by molar-refractivity contribution is -0.148. The number of hydrogen-bond acceptors (Lipinski definition) is 12. The maximum Gasteiger partial charge on any atom is 0.336 e. The zero-order valence-electron chi connectivity index (χ0n) is 32.3. The number of carbonyl (C=O) groups is 4. The lowest BCUT2D eigenvalue weighted by Gasteiger charge is -2.39. The Morgan fingerprint density at radius 1 is 0.786 bits per heavy atom. The first-order valence-corrected chi connectivity index (χ1v) is 19.6. The second kappa shape index (κ2) is 17.8. The van der Waals surface area contributed by atoms with E-state index in [2.05, 4.69) is 10.6 Å². The van der Waals surface area contributed by atoms with Crippen LogP contribution in [0.25, 0.3) is 0 Å². The van der Waals surface area contributed by atoms with E-state index in [9.17, 15) is 19.2 Å². The summed E-state index contributed by atoms with van der Waals surface area (Å²) in [4.78, 5) is 53.4. The van der Waals surface area contributed by atoms with Crippen LogP contribution >= 0.6 is 23.2 Å². The number of esters is 4. The molecule has 300 valence electrons. The number of carbonyl (C=O) groups excluding carboxylic acids is 4. The summed E-state index contributed by atoms with van der Waals surface area (Å²) in [5.41, 5.74) is 3.53. The summed E-state index contributed by atoms with van der Waals surface area (Å²) in [5, 5.41) is 7.40. The third kappa shape index (κ3) is 8.07. The van der Waals surface area contributed by atoms with Crippen molar-refractivity contribution in [2.24, 2.45) is 23.7 Å². The van der Waals surface area contributed by atoms with Crippen LogP contribution in [-0.4, -0.2) is 83.3 Å². The lowest BCUT2D eigenvalue weighted by atomic mass is 9.73. The SMILES string of the molecule is CCOC(=O)C1=C(COC2C3CC(COCC4=C(C(=O)OCC)C(c5ccccc5Cl)C(C(=O)OC)C(C)N4)C32)NC(C)=C(C(=O)OC)C1c1ccccc1Cl. The van der Waals surface area contributed by atoms with Gasteiger partial charge in [0.1, 0.15) is 0 Å². The van der Waals surface area contributed by atoms with Gasteiger partial charge in [-0.05, 0) is 75.1 Å². The summed E-state index contributed by atoms with van der Waals surface area (Å²) >= 11 is 13.3. The fourth-order valence-corrected chi connectivity index (χ4v) is 9.08. The first-order valence-electron chi connectivity index (χ1n) is 18.9. The first kappa shape index (κ1) is 41.3. The molecule has 2 aromatic rings. The minimum atomic E-state index is -0.836. The van der Waals surface area contributed by atoms with Crippen molar-refractivity contribution in [1.29, 1.82) is 0 Å². The molecule has 0 bridgehead atoms. The number of fused-ring (bicyclic) bond motifs is 1. The molecule has 2 heterocycles. The van der Waals surface area contributed by atoms with Crippen molar-refractivity contribution < 1.29 is 47.6 Å². The van der Waals surface area contributed by atoms with E-state index in [0.29, 0.717) is 50.8 Å². The van der Waals surface area contributed by atoms with Crippen LogP contribution in [0.4, 0.5) is 0 Å². The van der Waals surface area contributed by atoms with Crippen LogP contribution in [0.1, 0.15) is 57.1 Å². The third-order valence-electron chi connectivity index (χ3n) is 11.2. The molecular weight excluding hydrogens is 763 g/mol. The number of halogens is 2. The quantitative estimate of drug-likeness (QED) is 0.161. The summed E-state index contributed by atoms with van der Waals surface area (Å²) in [5.74, 6) is -3.70. The minimum absolute atomic E-state index is 0.0565. The second-order valence-electron chi connectivity index (χ2n) is 14.3. The Morgan fingerprint density at radius 3 is 2.02 bits per heavy atom. The summed E-state index contributed by atoms with van der Waals surface area (Å²) in [7, 11) is 2.62. The third-order valence-corrected chi connectivity index (χ3v) is 11.9. The second-order valence-corrected chi connectivity index (χ2v) is 15.2. The molecule has 6 rings (SSSR count). The molecule has 0 aromatic heterocycles. The highest BCUT2D eigenvalue weighted by molar-refractivity contribution is 6.32. The van der Waals surface area contributed by atoms with Crippen molar-refractivity contribution in [3.8, 4) is 0 Å². The van der Waals surface area contributed by atoms with Crippen molar-refractivity contribution in [1.82, 2.24) is 10.6 Å². The van der Waals surface area contributed by atoms with Crippen molar-refractivity contribution >= 4 is 47.1 Å². The van der Waals surface area contributed by atoms with Gasteiger partial charge in [-0.3, -0.25) is 4.79 Å². The van der Waals surface area contributed by atoms with Crippen LogP contribution in [0.2, 0.25) is 10.0 Å². The van der Waals surface area contributed by atoms with E-state index < -0.39 is 47.7 Å². The maximum atomic E-state index is 13.6. The van der Waals surface area contributed by atoms with Crippen LogP contribution in [0.15, 0.2) is 82.3 Å². The van der Waals surface area contributed by atoms with Crippen LogP contribution in [0, 0.1) is 23.7 Å². The van der Waals surface area contributed by atoms with Crippen LogP contribution in [-0.2, 0) is 47.6 Å². The molecule has 2 aliphatic heterocycles. The Hall–Kier alpha value is -4.36. The molecule has 2 saturated carbocycles. The largest absolute Gasteiger partial charge is 0.469 e. The number of methoxy groups -OCH3 is 2. The van der Waals surface area contributed by atoms with Gasteiger partial charge in [0.05, 0.1) is 87.6 Å². The molecule has 2 fully saturated rings. The molecule has 0 amide bonds. The summed E-state index contributed by atoms with van der Waals surface area (Å²) < 4.78 is 34.1. The lowest BCUT2D eigenvalue weighted by Crippen LogP contribution is -2.49. The summed E-state index contributed by atoms with van der Waals surface area (Å²) in [6.07, 6.45) is 0.833. The van der Waals surface area contributed by atoms with Gasteiger partial charge in [0.25, 0.3) is 0 Å². The fourth-order valence-electron chi connectivity index (χ4n) is 8.58. The zero-order valence-corrected chi connectivity index (χ0v) is 33.8. The number of nitrogens with one attached hydrogen (secondary N) is 2. The van der Waals surface area contributed by atoms with Gasteiger partial charge < -0.3 is 39.1 Å². The Kier molecular flexibility index (Phi) is 13.1. The minimum Gasteiger partial charge on any atom is -0.469 e. The Bertz CT molecular complexity index is 1960. The van der Waals surface area contributed by atoms with E-state index in [-0.39, 0.29) is 61.1 Å². The topological polar surface area (TPSA) is 148 Å². The molecule has 4 aliphatic rings. The van der Waals surface area contributed by atoms with Gasteiger partial charge in [0.15, 0.2) is 0 Å². The van der Waals surface area contributed by atoms with Gasteiger partial charge in [-0.25, -0.2) is 14.4 Å². The Labute approximate surface area is 336 Å². The number of benzene rings is 2. The maximum absolute atomic E-state index is 13.6. The van der Waals surface area contributed by atoms with Gasteiger partial charge in [-0.1, -0.05) is 59.6 Å². The Balaban J connectivity index is 1.18. The zero-order chi connectivity index (χ0) is 40.3. The van der Waals surface area contributed by atoms with Gasteiger partial charge in [-0.2, -0.15) is 0 Å². The molecule has 8 unspecified atom stereocenters. The molecular formula is C42H48Cl2N2O10. The van der Waals surface area contributed by atoms with Crippen LogP contribution in [0.3, 0.4) is 0 Å². The molecule has 8 atom stereocenters. The predicted octanol–water partition coefficient (Wildman–Crippen LogP) is 5.99. The van der Waals surface area contributed by atoms with Crippen LogP contribution < -0.4 is 10.6 Å². The molecule has 2 N–H and O–H groups in total. The number of hydrogen-bond donors (Lipinski definition) is 2. The average Bonchev–Trinajstić information content (AvgIpc) is 3.76. The smallest absolute Gasteiger partial charge is 0.336 e. The summed E-state index contributed by atoms with van der Waals surface area (Å²) in [6.45, 7) is 7.93. The average molecular weight is 812 g/mol. The highest BCUT2D eigenvalue weighted by Gasteiger charge is 2.64. The van der Waals surface area contributed by atoms with Crippen LogP contribution in [0.5, 0.6) is 0 Å². The number of dihydropyridines is 1. The highest BCUT2D eigenvalue weighted by atomic mass is 35.5. The monoisotopic (exact) mass is 810 g/mol.